The maximum atomic E-state index is 12.9. The molecule has 7 heteroatoms. The Balaban J connectivity index is 1.81. The van der Waals surface area contributed by atoms with Gasteiger partial charge in [-0.15, -0.1) is 6.58 Å². The summed E-state index contributed by atoms with van der Waals surface area (Å²) in [6.45, 7) is 5.37. The topological polar surface area (TPSA) is 64.7 Å². The average Bonchev–Trinajstić information content (AvgIpc) is 3.11. The molecule has 24 heavy (non-hydrogen) atoms. The van der Waals surface area contributed by atoms with E-state index in [1.54, 1.807) is 17.0 Å². The number of aromatic nitrogens is 1. The monoisotopic (exact) mass is 394 g/mol. The molecule has 128 valence electrons. The Morgan fingerprint density at radius 2 is 2.12 bits per heavy atom. The van der Waals surface area contributed by atoms with Gasteiger partial charge in [0.2, 0.25) is 0 Å². The molecule has 0 aromatic carbocycles. The van der Waals surface area contributed by atoms with Gasteiger partial charge in [-0.1, -0.05) is 6.08 Å². The number of ether oxygens (including phenoxy) is 1. The highest BCUT2D eigenvalue weighted by atomic mass is 79.9. The van der Waals surface area contributed by atoms with Crippen LogP contribution in [-0.4, -0.2) is 41.5 Å². The Bertz CT molecular complexity index is 784. The Hall–Kier alpha value is -2.02. The van der Waals surface area contributed by atoms with Crippen molar-refractivity contribution in [3.05, 3.63) is 35.2 Å². The first-order chi connectivity index (χ1) is 11.5. The number of hydrogen-bond donors (Lipinski definition) is 0. The van der Waals surface area contributed by atoms with E-state index in [0.717, 1.165) is 5.52 Å². The van der Waals surface area contributed by atoms with Gasteiger partial charge in [0.1, 0.15) is 5.69 Å². The second kappa shape index (κ2) is 6.84. The summed E-state index contributed by atoms with van der Waals surface area (Å²) in [5.41, 5.74) is 2.10. The molecule has 3 rings (SSSR count). The van der Waals surface area contributed by atoms with Crippen LogP contribution in [0.1, 0.15) is 23.3 Å². The molecule has 0 bridgehead atoms. The molecular formula is C17H19BrN2O4. The average molecular weight is 395 g/mol. The number of piperidine rings is 1. The van der Waals surface area contributed by atoms with E-state index in [2.05, 4.69) is 22.5 Å². The van der Waals surface area contributed by atoms with Crippen LogP contribution in [0.25, 0.3) is 11.1 Å². The number of carbonyl (C=O) groups excluding carboxylic acids is 2. The summed E-state index contributed by atoms with van der Waals surface area (Å²) in [4.78, 5) is 26.3. The fourth-order valence-electron chi connectivity index (χ4n) is 3.16. The largest absolute Gasteiger partial charge is 0.469 e. The number of carbonyl (C=O) groups is 2. The number of rotatable bonds is 4. The van der Waals surface area contributed by atoms with Gasteiger partial charge in [0.25, 0.3) is 5.91 Å². The highest BCUT2D eigenvalue weighted by molar-refractivity contribution is 9.10. The zero-order valence-electron chi connectivity index (χ0n) is 13.5. The van der Waals surface area contributed by atoms with Crippen LogP contribution in [0.15, 0.2) is 33.9 Å². The number of amides is 1. The van der Waals surface area contributed by atoms with Crippen LogP contribution in [0.3, 0.4) is 0 Å². The molecule has 0 spiro atoms. The van der Waals surface area contributed by atoms with Crippen LogP contribution in [-0.2, 0) is 16.1 Å². The van der Waals surface area contributed by atoms with E-state index in [1.807, 2.05) is 10.6 Å². The van der Waals surface area contributed by atoms with Crippen molar-refractivity contribution in [2.75, 3.05) is 20.2 Å². The van der Waals surface area contributed by atoms with Crippen LogP contribution in [0.5, 0.6) is 0 Å². The maximum absolute atomic E-state index is 12.9. The third kappa shape index (κ3) is 3.00. The van der Waals surface area contributed by atoms with Gasteiger partial charge in [0, 0.05) is 31.8 Å². The van der Waals surface area contributed by atoms with E-state index in [4.69, 9.17) is 9.15 Å². The SMILES string of the molecule is C=CCn1c(C(=O)N2CCC(C(=O)OC)CC2)cc2oc(Br)cc21. The fourth-order valence-corrected chi connectivity index (χ4v) is 3.55. The van der Waals surface area contributed by atoms with Crippen LogP contribution in [0.4, 0.5) is 0 Å². The van der Waals surface area contributed by atoms with Gasteiger partial charge in [0.15, 0.2) is 10.3 Å². The lowest BCUT2D eigenvalue weighted by atomic mass is 9.97. The van der Waals surface area contributed by atoms with Gasteiger partial charge in [0.05, 0.1) is 18.5 Å². The van der Waals surface area contributed by atoms with Crippen molar-refractivity contribution in [1.82, 2.24) is 9.47 Å². The number of allylic oxidation sites excluding steroid dienone is 1. The third-order valence-electron chi connectivity index (χ3n) is 4.41. The van der Waals surface area contributed by atoms with Crippen molar-refractivity contribution in [2.24, 2.45) is 5.92 Å². The summed E-state index contributed by atoms with van der Waals surface area (Å²) in [5, 5.41) is 0. The first-order valence-corrected chi connectivity index (χ1v) is 8.61. The van der Waals surface area contributed by atoms with Crippen molar-refractivity contribution < 1.29 is 18.7 Å². The van der Waals surface area contributed by atoms with Crippen molar-refractivity contribution in [1.29, 1.82) is 0 Å². The lowest BCUT2D eigenvalue weighted by Crippen LogP contribution is -2.41. The van der Waals surface area contributed by atoms with Gasteiger partial charge in [-0.05, 0) is 28.8 Å². The number of likely N-dealkylation sites (tertiary alicyclic amines) is 1. The van der Waals surface area contributed by atoms with Gasteiger partial charge in [-0.2, -0.15) is 0 Å². The van der Waals surface area contributed by atoms with Gasteiger partial charge in [-0.3, -0.25) is 9.59 Å². The zero-order chi connectivity index (χ0) is 17.3. The lowest BCUT2D eigenvalue weighted by molar-refractivity contribution is -0.146. The van der Waals surface area contributed by atoms with Crippen molar-refractivity contribution in [3.8, 4) is 0 Å². The summed E-state index contributed by atoms with van der Waals surface area (Å²) in [5.74, 6) is -0.367. The molecule has 0 radical (unpaired) electrons. The van der Waals surface area contributed by atoms with Crippen molar-refractivity contribution in [2.45, 2.75) is 19.4 Å². The molecule has 2 aromatic rings. The Morgan fingerprint density at radius 3 is 2.75 bits per heavy atom. The first kappa shape index (κ1) is 16.8. The molecule has 0 saturated carbocycles. The van der Waals surface area contributed by atoms with E-state index < -0.39 is 0 Å². The highest BCUT2D eigenvalue weighted by Gasteiger charge is 2.30. The zero-order valence-corrected chi connectivity index (χ0v) is 15.0. The molecule has 1 fully saturated rings. The van der Waals surface area contributed by atoms with Crippen LogP contribution in [0, 0.1) is 5.92 Å². The van der Waals surface area contributed by atoms with E-state index in [-0.39, 0.29) is 17.8 Å². The summed E-state index contributed by atoms with van der Waals surface area (Å²) in [6.07, 6.45) is 3.01. The third-order valence-corrected chi connectivity index (χ3v) is 4.80. The second-order valence-electron chi connectivity index (χ2n) is 5.82. The molecule has 2 aromatic heterocycles. The smallest absolute Gasteiger partial charge is 0.308 e. The molecule has 1 amide bonds. The van der Waals surface area contributed by atoms with E-state index in [0.29, 0.717) is 48.4 Å². The van der Waals surface area contributed by atoms with Crippen LogP contribution < -0.4 is 0 Å². The first-order valence-electron chi connectivity index (χ1n) is 7.81. The van der Waals surface area contributed by atoms with Gasteiger partial charge >= 0.3 is 5.97 Å². The number of fused-ring (bicyclic) bond motifs is 1. The van der Waals surface area contributed by atoms with Crippen molar-refractivity contribution in [3.63, 3.8) is 0 Å². The van der Waals surface area contributed by atoms with Crippen LogP contribution in [0.2, 0.25) is 0 Å². The number of halogens is 1. The second-order valence-corrected chi connectivity index (χ2v) is 6.60. The van der Waals surface area contributed by atoms with Crippen molar-refractivity contribution >= 4 is 38.9 Å². The normalized spacial score (nSPS) is 15.7. The molecule has 0 aliphatic carbocycles. The van der Waals surface area contributed by atoms with E-state index in [9.17, 15) is 9.59 Å². The molecule has 0 N–H and O–H groups in total. The number of methoxy groups -OCH3 is 1. The maximum Gasteiger partial charge on any atom is 0.308 e. The number of nitrogens with zero attached hydrogens (tertiary/aromatic N) is 2. The lowest BCUT2D eigenvalue weighted by Gasteiger charge is -2.30. The predicted octanol–water partition coefficient (Wildman–Crippen LogP) is 3.21. The summed E-state index contributed by atoms with van der Waals surface area (Å²) in [7, 11) is 1.40. The minimum Gasteiger partial charge on any atom is -0.469 e. The summed E-state index contributed by atoms with van der Waals surface area (Å²) < 4.78 is 12.9. The molecule has 6 nitrogen and oxygen atoms in total. The standard InChI is InChI=1S/C17H19BrN2O4/c1-3-6-20-12-10-15(18)24-14(12)9-13(20)16(21)19-7-4-11(5-8-19)17(22)23-2/h3,9-11H,1,4-8H2,2H3. The summed E-state index contributed by atoms with van der Waals surface area (Å²) in [6, 6.07) is 3.61. The number of esters is 1. The van der Waals surface area contributed by atoms with E-state index in [1.165, 1.54) is 7.11 Å². The molecule has 0 unspecified atom stereocenters. The molecule has 1 saturated heterocycles. The molecule has 3 heterocycles. The fraction of sp³-hybridized carbons (Fsp3) is 0.412. The Kier molecular flexibility index (Phi) is 4.80. The Labute approximate surface area is 148 Å². The van der Waals surface area contributed by atoms with Gasteiger partial charge in [-0.25, -0.2) is 0 Å². The molecule has 1 aliphatic rings. The number of hydrogen-bond acceptors (Lipinski definition) is 4. The molecular weight excluding hydrogens is 376 g/mol. The quantitative estimate of drug-likeness (QED) is 0.589. The minimum atomic E-state index is -0.195. The predicted molar refractivity (Wildman–Crippen MR) is 92.7 cm³/mol. The van der Waals surface area contributed by atoms with Crippen LogP contribution >= 0.6 is 15.9 Å². The van der Waals surface area contributed by atoms with Gasteiger partial charge < -0.3 is 18.6 Å². The highest BCUT2D eigenvalue weighted by Crippen LogP contribution is 2.28. The minimum absolute atomic E-state index is 0.0531. The molecule has 1 aliphatic heterocycles. The molecule has 0 atom stereocenters. The number of furan rings is 1. The summed E-state index contributed by atoms with van der Waals surface area (Å²) >= 11 is 3.31. The van der Waals surface area contributed by atoms with E-state index >= 15 is 0 Å². The Morgan fingerprint density at radius 1 is 1.42 bits per heavy atom.